The van der Waals surface area contributed by atoms with Crippen LogP contribution in [-0.4, -0.2) is 0 Å². The van der Waals surface area contributed by atoms with Gasteiger partial charge < -0.3 is 0 Å². The molecule has 0 fully saturated rings. The van der Waals surface area contributed by atoms with Gasteiger partial charge in [0.25, 0.3) is 0 Å². The van der Waals surface area contributed by atoms with Gasteiger partial charge in [-0.15, -0.1) is 0 Å². The van der Waals surface area contributed by atoms with Crippen LogP contribution < -0.4 is 0 Å². The van der Waals surface area contributed by atoms with Crippen LogP contribution >= 0.6 is 47.0 Å². The Kier molecular flexibility index (Phi) is 3.82. The van der Waals surface area contributed by atoms with E-state index in [0.29, 0.717) is 11.8 Å². The van der Waals surface area contributed by atoms with E-state index in [-0.39, 0.29) is 0 Å². The van der Waals surface area contributed by atoms with E-state index in [1.165, 1.54) is 18.3 Å². The standard InChI is InChI=1S/C16H12S4/c1-2-6-11(5-1)13-9-17-15(19-13)16-18-10-14(20-16)12-7-3-4-8-12/h1-12H/b16-15-. The molecule has 100 valence electrons. The van der Waals surface area contributed by atoms with E-state index in [1.54, 1.807) is 0 Å². The highest BCUT2D eigenvalue weighted by molar-refractivity contribution is 8.33. The zero-order chi connectivity index (χ0) is 13.4. The zero-order valence-electron chi connectivity index (χ0n) is 10.6. The molecule has 0 aromatic heterocycles. The summed E-state index contributed by atoms with van der Waals surface area (Å²) in [6.45, 7) is 0. The maximum absolute atomic E-state index is 2.31. The van der Waals surface area contributed by atoms with Crippen molar-refractivity contribution >= 4 is 47.0 Å². The molecule has 0 bridgehead atoms. The first kappa shape index (κ1) is 13.3. The molecule has 2 heterocycles. The molecule has 4 rings (SSSR count). The topological polar surface area (TPSA) is 0 Å². The molecule has 0 radical (unpaired) electrons. The minimum atomic E-state index is 0.495. The first-order valence-electron chi connectivity index (χ1n) is 6.43. The van der Waals surface area contributed by atoms with Crippen LogP contribution in [0.25, 0.3) is 0 Å². The molecule has 0 aromatic carbocycles. The predicted octanol–water partition coefficient (Wildman–Crippen LogP) is 6.24. The molecule has 0 amide bonds. The van der Waals surface area contributed by atoms with Crippen LogP contribution in [-0.2, 0) is 0 Å². The van der Waals surface area contributed by atoms with Crippen LogP contribution in [0, 0.1) is 11.8 Å². The van der Waals surface area contributed by atoms with Crippen molar-refractivity contribution in [2.24, 2.45) is 11.8 Å². The number of hydrogen-bond acceptors (Lipinski definition) is 4. The van der Waals surface area contributed by atoms with Gasteiger partial charge in [-0.3, -0.25) is 0 Å². The lowest BCUT2D eigenvalue weighted by Crippen LogP contribution is -1.88. The Morgan fingerprint density at radius 3 is 1.40 bits per heavy atom. The van der Waals surface area contributed by atoms with Crippen molar-refractivity contribution < 1.29 is 0 Å². The zero-order valence-corrected chi connectivity index (χ0v) is 13.8. The van der Waals surface area contributed by atoms with Gasteiger partial charge in [-0.05, 0) is 10.8 Å². The van der Waals surface area contributed by atoms with Crippen molar-refractivity contribution in [1.82, 2.24) is 0 Å². The van der Waals surface area contributed by atoms with Gasteiger partial charge in [0.05, 0.1) is 8.47 Å². The minimum absolute atomic E-state index is 0.495. The summed E-state index contributed by atoms with van der Waals surface area (Å²) in [5.41, 5.74) is 0. The first-order chi connectivity index (χ1) is 9.90. The molecule has 0 N–H and O–H groups in total. The lowest BCUT2D eigenvalue weighted by Gasteiger charge is -2.08. The second-order valence-electron chi connectivity index (χ2n) is 4.65. The van der Waals surface area contributed by atoms with Gasteiger partial charge in [0.15, 0.2) is 0 Å². The molecule has 0 saturated heterocycles. The second-order valence-corrected chi connectivity index (χ2v) is 9.09. The second kappa shape index (κ2) is 5.76. The summed E-state index contributed by atoms with van der Waals surface area (Å²) < 4.78 is 2.89. The number of thioether (sulfide) groups is 4. The SMILES string of the molecule is C1=CC(C2=CS/C(=C3\SC=C(C4C=CC=C4)S3)S2)C=C1. The van der Waals surface area contributed by atoms with Crippen LogP contribution in [0.1, 0.15) is 0 Å². The fourth-order valence-corrected chi connectivity index (χ4v) is 7.39. The van der Waals surface area contributed by atoms with Crippen molar-refractivity contribution in [3.63, 3.8) is 0 Å². The van der Waals surface area contributed by atoms with E-state index < -0.39 is 0 Å². The highest BCUT2D eigenvalue weighted by Gasteiger charge is 2.26. The van der Waals surface area contributed by atoms with Crippen LogP contribution in [0.3, 0.4) is 0 Å². The Hall–Kier alpha value is -0.420. The molecule has 2 aliphatic heterocycles. The first-order valence-corrected chi connectivity index (χ1v) is 9.83. The third kappa shape index (κ3) is 2.54. The molecule has 0 unspecified atom stereocenters. The third-order valence-electron chi connectivity index (χ3n) is 3.31. The molecule has 4 heteroatoms. The van der Waals surface area contributed by atoms with Gasteiger partial charge in [0.2, 0.25) is 0 Å². The Labute approximate surface area is 136 Å². The molecule has 0 nitrogen and oxygen atoms in total. The molecular weight excluding hydrogens is 320 g/mol. The number of allylic oxidation sites excluding steroid dienone is 10. The normalized spacial score (nSPS) is 29.0. The maximum Gasteiger partial charge on any atom is 0.0697 e. The molecule has 20 heavy (non-hydrogen) atoms. The molecule has 0 aromatic rings. The lowest BCUT2D eigenvalue weighted by molar-refractivity contribution is 1.08. The minimum Gasteiger partial charge on any atom is -0.0881 e. The molecule has 0 atom stereocenters. The van der Waals surface area contributed by atoms with Gasteiger partial charge in [0.1, 0.15) is 0 Å². The van der Waals surface area contributed by atoms with Crippen LogP contribution in [0.5, 0.6) is 0 Å². The van der Waals surface area contributed by atoms with E-state index in [1.807, 2.05) is 47.0 Å². The number of hydrogen-bond donors (Lipinski definition) is 0. The van der Waals surface area contributed by atoms with Gasteiger partial charge in [-0.1, -0.05) is 95.7 Å². The summed E-state index contributed by atoms with van der Waals surface area (Å²) in [6.07, 6.45) is 17.6. The summed E-state index contributed by atoms with van der Waals surface area (Å²) in [5, 5.41) is 4.62. The average molecular weight is 333 g/mol. The van der Waals surface area contributed by atoms with Gasteiger partial charge >= 0.3 is 0 Å². The van der Waals surface area contributed by atoms with Crippen molar-refractivity contribution in [3.05, 3.63) is 77.7 Å². The monoisotopic (exact) mass is 332 g/mol. The fraction of sp³-hybridized carbons (Fsp3) is 0.125. The molecular formula is C16H12S4. The summed E-state index contributed by atoms with van der Waals surface area (Å²) >= 11 is 7.64. The van der Waals surface area contributed by atoms with Crippen LogP contribution in [0.15, 0.2) is 77.7 Å². The summed E-state index contributed by atoms with van der Waals surface area (Å²) in [4.78, 5) is 2.91. The van der Waals surface area contributed by atoms with Crippen LogP contribution in [0.2, 0.25) is 0 Å². The molecule has 2 aliphatic carbocycles. The van der Waals surface area contributed by atoms with Gasteiger partial charge in [-0.2, -0.15) is 0 Å². The third-order valence-corrected chi connectivity index (χ3v) is 8.81. The van der Waals surface area contributed by atoms with E-state index >= 15 is 0 Å². The van der Waals surface area contributed by atoms with E-state index in [0.717, 1.165) is 0 Å². The molecule has 4 aliphatic rings. The Morgan fingerprint density at radius 2 is 1.00 bits per heavy atom. The maximum atomic E-state index is 2.31. The summed E-state index contributed by atoms with van der Waals surface area (Å²) in [6, 6.07) is 0. The summed E-state index contributed by atoms with van der Waals surface area (Å²) in [7, 11) is 0. The van der Waals surface area contributed by atoms with E-state index in [2.05, 4.69) is 59.4 Å². The Balaban J connectivity index is 1.45. The number of rotatable bonds is 2. The van der Waals surface area contributed by atoms with Gasteiger partial charge in [-0.25, -0.2) is 0 Å². The average Bonchev–Trinajstić information content (AvgIpc) is 3.22. The smallest absolute Gasteiger partial charge is 0.0697 e. The molecule has 0 spiro atoms. The Bertz CT molecular complexity index is 563. The highest BCUT2D eigenvalue weighted by Crippen LogP contribution is 2.58. The van der Waals surface area contributed by atoms with E-state index in [4.69, 9.17) is 0 Å². The quantitative estimate of drug-likeness (QED) is 0.586. The van der Waals surface area contributed by atoms with E-state index in [9.17, 15) is 0 Å². The van der Waals surface area contributed by atoms with Crippen LogP contribution in [0.4, 0.5) is 0 Å². The molecule has 0 saturated carbocycles. The van der Waals surface area contributed by atoms with Crippen molar-refractivity contribution in [2.45, 2.75) is 0 Å². The highest BCUT2D eigenvalue weighted by atomic mass is 32.2. The van der Waals surface area contributed by atoms with Crippen molar-refractivity contribution in [1.29, 1.82) is 0 Å². The van der Waals surface area contributed by atoms with Crippen molar-refractivity contribution in [2.75, 3.05) is 0 Å². The lowest BCUT2D eigenvalue weighted by atomic mass is 10.2. The predicted molar refractivity (Wildman–Crippen MR) is 97.1 cm³/mol. The van der Waals surface area contributed by atoms with Gasteiger partial charge in [0, 0.05) is 21.6 Å². The largest absolute Gasteiger partial charge is 0.0881 e. The Morgan fingerprint density at radius 1 is 0.600 bits per heavy atom. The van der Waals surface area contributed by atoms with Crippen molar-refractivity contribution in [3.8, 4) is 0 Å². The fourth-order valence-electron chi connectivity index (χ4n) is 2.25. The summed E-state index contributed by atoms with van der Waals surface area (Å²) in [5.74, 6) is 0.991.